The van der Waals surface area contributed by atoms with Gasteiger partial charge in [-0.2, -0.15) is 0 Å². The van der Waals surface area contributed by atoms with E-state index in [4.69, 9.17) is 10.8 Å². The monoisotopic (exact) mass is 271 g/mol. The van der Waals surface area contributed by atoms with Gasteiger partial charge in [-0.05, 0) is 37.0 Å². The molecule has 0 bridgehead atoms. The molecule has 1 rings (SSSR count). The number of nitrogens with two attached hydrogens (primary N) is 1. The summed E-state index contributed by atoms with van der Waals surface area (Å²) in [6, 6.07) is -0.0944. The second kappa shape index (κ2) is 8.93. The van der Waals surface area contributed by atoms with Crippen LogP contribution >= 0.6 is 0 Å². The van der Waals surface area contributed by atoms with Crippen LogP contribution in [0.2, 0.25) is 0 Å². The van der Waals surface area contributed by atoms with Gasteiger partial charge in [0.1, 0.15) is 0 Å². The molecule has 0 radical (unpaired) electrons. The Kier molecular flexibility index (Phi) is 7.96. The lowest BCUT2D eigenvalue weighted by molar-refractivity contribution is 0.0831. The van der Waals surface area contributed by atoms with Crippen LogP contribution in [0.5, 0.6) is 0 Å². The number of aliphatic hydroxyl groups is 2. The average molecular weight is 271 g/mol. The van der Waals surface area contributed by atoms with Gasteiger partial charge in [0.15, 0.2) is 0 Å². The van der Waals surface area contributed by atoms with Crippen molar-refractivity contribution in [2.45, 2.75) is 77.4 Å². The molecule has 0 aromatic carbocycles. The highest BCUT2D eigenvalue weighted by molar-refractivity contribution is 4.80. The highest BCUT2D eigenvalue weighted by atomic mass is 16.3. The third-order valence-electron chi connectivity index (χ3n) is 4.81. The van der Waals surface area contributed by atoms with E-state index in [1.165, 1.54) is 32.1 Å². The molecule has 0 amide bonds. The lowest BCUT2D eigenvalue weighted by Crippen LogP contribution is -2.38. The molecular formula is C16H33NO2. The standard InChI is InChI=1S/C16H33NO2/c1-12(2)14(8-9-18)11-16(19)15(17)10-13-6-4-3-5-7-13/h12-16,18-19H,3-11,17H2,1-2H3/t14-,15-,16-/m0/s1. The van der Waals surface area contributed by atoms with Gasteiger partial charge in [0, 0.05) is 12.6 Å². The van der Waals surface area contributed by atoms with E-state index in [0.717, 1.165) is 19.3 Å². The van der Waals surface area contributed by atoms with Crippen LogP contribution in [-0.2, 0) is 0 Å². The molecule has 0 aromatic rings. The number of rotatable bonds is 8. The van der Waals surface area contributed by atoms with Crippen molar-refractivity contribution in [2.75, 3.05) is 6.61 Å². The second-order valence-electron chi connectivity index (χ2n) is 6.72. The molecule has 0 saturated heterocycles. The van der Waals surface area contributed by atoms with Crippen LogP contribution in [0.4, 0.5) is 0 Å². The second-order valence-corrected chi connectivity index (χ2v) is 6.72. The van der Waals surface area contributed by atoms with E-state index in [-0.39, 0.29) is 12.6 Å². The Balaban J connectivity index is 2.35. The Morgan fingerprint density at radius 2 is 1.79 bits per heavy atom. The number of hydrogen-bond acceptors (Lipinski definition) is 3. The fourth-order valence-electron chi connectivity index (χ4n) is 3.34. The smallest absolute Gasteiger partial charge is 0.0693 e. The highest BCUT2D eigenvalue weighted by Crippen LogP contribution is 2.29. The molecule has 0 aromatic heterocycles. The molecule has 0 aliphatic heterocycles. The molecule has 19 heavy (non-hydrogen) atoms. The van der Waals surface area contributed by atoms with Crippen molar-refractivity contribution in [2.24, 2.45) is 23.5 Å². The molecule has 114 valence electrons. The van der Waals surface area contributed by atoms with Crippen molar-refractivity contribution < 1.29 is 10.2 Å². The van der Waals surface area contributed by atoms with Gasteiger partial charge in [-0.1, -0.05) is 46.0 Å². The maximum absolute atomic E-state index is 10.3. The first-order chi connectivity index (χ1) is 9.04. The Morgan fingerprint density at radius 3 is 2.32 bits per heavy atom. The normalized spacial score (nSPS) is 22.4. The zero-order valence-electron chi connectivity index (χ0n) is 12.7. The summed E-state index contributed by atoms with van der Waals surface area (Å²) in [7, 11) is 0. The molecular weight excluding hydrogens is 238 g/mol. The Morgan fingerprint density at radius 1 is 1.16 bits per heavy atom. The van der Waals surface area contributed by atoms with Crippen LogP contribution in [0.3, 0.4) is 0 Å². The third kappa shape index (κ3) is 6.24. The largest absolute Gasteiger partial charge is 0.396 e. The first kappa shape index (κ1) is 16.9. The topological polar surface area (TPSA) is 66.5 Å². The predicted octanol–water partition coefficient (Wildman–Crippen LogP) is 2.69. The van der Waals surface area contributed by atoms with E-state index < -0.39 is 6.10 Å². The maximum atomic E-state index is 10.3. The molecule has 1 aliphatic carbocycles. The summed E-state index contributed by atoms with van der Waals surface area (Å²) in [5.41, 5.74) is 6.18. The molecule has 1 aliphatic rings. The summed E-state index contributed by atoms with van der Waals surface area (Å²) < 4.78 is 0. The number of aliphatic hydroxyl groups excluding tert-OH is 2. The minimum Gasteiger partial charge on any atom is -0.396 e. The van der Waals surface area contributed by atoms with Crippen LogP contribution in [0, 0.1) is 17.8 Å². The molecule has 3 nitrogen and oxygen atoms in total. The summed E-state index contributed by atoms with van der Waals surface area (Å²) in [5.74, 6) is 1.58. The van der Waals surface area contributed by atoms with Crippen molar-refractivity contribution >= 4 is 0 Å². The maximum Gasteiger partial charge on any atom is 0.0693 e. The SMILES string of the molecule is CC(C)[C@@H](CCO)C[C@H](O)[C@@H](N)CC1CCCCC1. The fraction of sp³-hybridized carbons (Fsp3) is 1.00. The minimum atomic E-state index is -0.416. The summed E-state index contributed by atoms with van der Waals surface area (Å²) >= 11 is 0. The zero-order valence-corrected chi connectivity index (χ0v) is 12.7. The molecule has 3 atom stereocenters. The van der Waals surface area contributed by atoms with Crippen molar-refractivity contribution in [3.05, 3.63) is 0 Å². The van der Waals surface area contributed by atoms with Crippen molar-refractivity contribution in [3.8, 4) is 0 Å². The molecule has 0 unspecified atom stereocenters. The van der Waals surface area contributed by atoms with Crippen LogP contribution in [0.25, 0.3) is 0 Å². The quantitative estimate of drug-likeness (QED) is 0.636. The van der Waals surface area contributed by atoms with Gasteiger partial charge in [-0.25, -0.2) is 0 Å². The average Bonchev–Trinajstić information content (AvgIpc) is 2.39. The van der Waals surface area contributed by atoms with Crippen molar-refractivity contribution in [3.63, 3.8) is 0 Å². The summed E-state index contributed by atoms with van der Waals surface area (Å²) in [4.78, 5) is 0. The zero-order chi connectivity index (χ0) is 14.3. The first-order valence-electron chi connectivity index (χ1n) is 8.09. The lowest BCUT2D eigenvalue weighted by Gasteiger charge is -2.30. The molecule has 4 N–H and O–H groups in total. The van der Waals surface area contributed by atoms with Gasteiger partial charge in [0.2, 0.25) is 0 Å². The van der Waals surface area contributed by atoms with Gasteiger partial charge >= 0.3 is 0 Å². The van der Waals surface area contributed by atoms with Gasteiger partial charge in [0.05, 0.1) is 6.10 Å². The first-order valence-corrected chi connectivity index (χ1v) is 8.09. The minimum absolute atomic E-state index is 0.0944. The highest BCUT2D eigenvalue weighted by Gasteiger charge is 2.25. The van der Waals surface area contributed by atoms with Crippen LogP contribution in [0.15, 0.2) is 0 Å². The lowest BCUT2D eigenvalue weighted by atomic mass is 9.81. The Hall–Kier alpha value is -0.120. The van der Waals surface area contributed by atoms with Crippen LogP contribution in [0.1, 0.15) is 65.2 Å². The van der Waals surface area contributed by atoms with Gasteiger partial charge in [-0.15, -0.1) is 0 Å². The summed E-state index contributed by atoms with van der Waals surface area (Å²) in [6.07, 6.45) is 8.62. The van der Waals surface area contributed by atoms with Crippen molar-refractivity contribution in [1.82, 2.24) is 0 Å². The molecule has 1 fully saturated rings. The van der Waals surface area contributed by atoms with Gasteiger partial charge < -0.3 is 15.9 Å². The summed E-state index contributed by atoms with van der Waals surface area (Å²) in [5, 5.41) is 19.4. The molecule has 0 heterocycles. The van der Waals surface area contributed by atoms with Crippen LogP contribution < -0.4 is 5.73 Å². The number of hydrogen-bond donors (Lipinski definition) is 3. The van der Waals surface area contributed by atoms with E-state index in [2.05, 4.69) is 13.8 Å². The third-order valence-corrected chi connectivity index (χ3v) is 4.81. The van der Waals surface area contributed by atoms with E-state index in [1.807, 2.05) is 0 Å². The molecule has 3 heteroatoms. The van der Waals surface area contributed by atoms with E-state index in [9.17, 15) is 5.11 Å². The van der Waals surface area contributed by atoms with Gasteiger partial charge in [-0.3, -0.25) is 0 Å². The van der Waals surface area contributed by atoms with Crippen LogP contribution in [-0.4, -0.2) is 29.0 Å². The Bertz CT molecular complexity index is 227. The van der Waals surface area contributed by atoms with Gasteiger partial charge in [0.25, 0.3) is 0 Å². The molecule has 1 saturated carbocycles. The van der Waals surface area contributed by atoms with Crippen molar-refractivity contribution in [1.29, 1.82) is 0 Å². The fourth-order valence-corrected chi connectivity index (χ4v) is 3.34. The van der Waals surface area contributed by atoms with E-state index in [1.54, 1.807) is 0 Å². The van der Waals surface area contributed by atoms with E-state index >= 15 is 0 Å². The molecule has 0 spiro atoms. The Labute approximate surface area is 118 Å². The predicted molar refractivity (Wildman–Crippen MR) is 79.8 cm³/mol. The summed E-state index contributed by atoms with van der Waals surface area (Å²) in [6.45, 7) is 4.51. The van der Waals surface area contributed by atoms with E-state index in [0.29, 0.717) is 17.8 Å².